The van der Waals surface area contributed by atoms with Crippen LogP contribution in [-0.4, -0.2) is 6.16 Å². The molecule has 0 aromatic heterocycles. The summed E-state index contributed by atoms with van der Waals surface area (Å²) in [6.07, 6.45) is 5.23. The molecule has 3 rings (SSSR count). The second-order valence-corrected chi connectivity index (χ2v) is 15.4. The van der Waals surface area contributed by atoms with E-state index in [1.54, 1.807) is 0 Å². The average Bonchev–Trinajstić information content (AvgIpc) is 2.70. The van der Waals surface area contributed by atoms with Crippen molar-refractivity contribution < 1.29 is 0 Å². The Labute approximate surface area is 159 Å². The molecule has 0 aliphatic heterocycles. The van der Waals surface area contributed by atoms with Crippen molar-refractivity contribution in [2.24, 2.45) is 0 Å². The molecule has 0 saturated heterocycles. The number of rotatable bonds is 7. The molecule has 0 heterocycles. The molecule has 128 valence electrons. The van der Waals surface area contributed by atoms with E-state index in [-0.39, 0.29) is 0 Å². The normalized spacial score (nSPS) is 12.9. The summed E-state index contributed by atoms with van der Waals surface area (Å²) in [6.45, 7) is 3.92. The summed E-state index contributed by atoms with van der Waals surface area (Å²) < 4.78 is 0. The Morgan fingerprint density at radius 3 is 1.36 bits per heavy atom. The Kier molecular flexibility index (Phi) is 5.57. The summed E-state index contributed by atoms with van der Waals surface area (Å²) >= 11 is 4.44. The zero-order valence-corrected chi connectivity index (χ0v) is 16.9. The first-order chi connectivity index (χ1) is 12.2. The molecule has 0 N–H and O–H groups in total. The van der Waals surface area contributed by atoms with Gasteiger partial charge in [0, 0.05) is 0 Å². The molecule has 2 heteroatoms. The third kappa shape index (κ3) is 3.24. The summed E-state index contributed by atoms with van der Waals surface area (Å²) in [5, 5.41) is 1.45. The average molecular weight is 411 g/mol. The van der Waals surface area contributed by atoms with Crippen molar-refractivity contribution >= 4 is 36.7 Å². The van der Waals surface area contributed by atoms with Crippen LogP contribution in [0.25, 0.3) is 0 Å². The van der Waals surface area contributed by atoms with Crippen LogP contribution in [0.15, 0.2) is 104 Å². The first-order valence-corrected chi connectivity index (χ1v) is 13.1. The molecular weight excluding hydrogens is 387 g/mol. The Bertz CT molecular complexity index is 713. The molecule has 0 amide bonds. The van der Waals surface area contributed by atoms with E-state index in [1.165, 1.54) is 15.9 Å². The van der Waals surface area contributed by atoms with Gasteiger partial charge in [0.25, 0.3) is 0 Å². The molecular formula is C23H24BrP. The fourth-order valence-electron chi connectivity index (χ4n) is 3.58. The monoisotopic (exact) mass is 410 g/mol. The maximum atomic E-state index is 4.44. The van der Waals surface area contributed by atoms with Crippen molar-refractivity contribution in [3.8, 4) is 0 Å². The van der Waals surface area contributed by atoms with Crippen molar-refractivity contribution in [3.63, 3.8) is 0 Å². The summed E-state index contributed by atoms with van der Waals surface area (Å²) in [7, 11) is 0. The van der Waals surface area contributed by atoms with Crippen molar-refractivity contribution in [1.29, 1.82) is 0 Å². The number of unbranched alkanes of at least 4 members (excludes halogenated alkanes) is 1. The molecule has 0 radical (unpaired) electrons. The first kappa shape index (κ1) is 18.1. The summed E-state index contributed by atoms with van der Waals surface area (Å²) in [4.78, 5) is 0. The molecule has 0 nitrogen and oxygen atoms in total. The molecule has 3 aromatic carbocycles. The van der Waals surface area contributed by atoms with Crippen LogP contribution in [0.2, 0.25) is 0 Å². The number of hydrogen-bond acceptors (Lipinski definition) is 0. The van der Waals surface area contributed by atoms with Crippen LogP contribution >= 0.6 is 20.8 Å². The Balaban J connectivity index is 2.33. The molecule has 0 aliphatic rings. The van der Waals surface area contributed by atoms with Crippen LogP contribution in [0, 0.1) is 0 Å². The standard InChI is InChI=1S/C23H24BrP/c1-2-3-13-20-25(24,21-14-7-4-8-15-21,22-16-9-5-10-17-22)23-18-11-6-12-19-23/h2,4-12,14-19H,1,3,13,20H2. The van der Waals surface area contributed by atoms with E-state index < -0.39 is 5.31 Å². The van der Waals surface area contributed by atoms with E-state index in [2.05, 4.69) is 113 Å². The van der Waals surface area contributed by atoms with Gasteiger partial charge in [-0.1, -0.05) is 0 Å². The Morgan fingerprint density at radius 1 is 0.680 bits per heavy atom. The van der Waals surface area contributed by atoms with E-state index in [1.807, 2.05) is 6.08 Å². The van der Waals surface area contributed by atoms with Gasteiger partial charge >= 0.3 is 159 Å². The minimum atomic E-state index is -2.71. The van der Waals surface area contributed by atoms with Gasteiger partial charge in [0.05, 0.1) is 0 Å². The second-order valence-electron chi connectivity index (χ2n) is 6.34. The maximum absolute atomic E-state index is 4.44. The number of halogens is 1. The predicted molar refractivity (Wildman–Crippen MR) is 118 cm³/mol. The van der Waals surface area contributed by atoms with Crippen molar-refractivity contribution in [3.05, 3.63) is 104 Å². The molecule has 0 aliphatic carbocycles. The predicted octanol–water partition coefficient (Wildman–Crippen LogP) is 5.79. The molecule has 25 heavy (non-hydrogen) atoms. The van der Waals surface area contributed by atoms with Gasteiger partial charge in [-0.2, -0.15) is 0 Å². The zero-order valence-electron chi connectivity index (χ0n) is 14.4. The second kappa shape index (κ2) is 7.68. The molecule has 0 atom stereocenters. The van der Waals surface area contributed by atoms with Gasteiger partial charge in [0.2, 0.25) is 0 Å². The number of hydrogen-bond donors (Lipinski definition) is 0. The van der Waals surface area contributed by atoms with Crippen LogP contribution in [0.4, 0.5) is 0 Å². The molecule has 3 aromatic rings. The third-order valence-corrected chi connectivity index (χ3v) is 14.9. The van der Waals surface area contributed by atoms with Gasteiger partial charge in [-0.05, 0) is 0 Å². The number of allylic oxidation sites excluding steroid dienone is 1. The van der Waals surface area contributed by atoms with Crippen molar-refractivity contribution in [2.75, 3.05) is 6.16 Å². The zero-order chi connectivity index (χ0) is 17.6. The Morgan fingerprint density at radius 2 is 1.04 bits per heavy atom. The fraction of sp³-hybridized carbons (Fsp3) is 0.130. The van der Waals surface area contributed by atoms with Crippen LogP contribution in [0.1, 0.15) is 12.8 Å². The molecule has 0 spiro atoms. The molecule has 0 saturated carbocycles. The fourth-order valence-corrected chi connectivity index (χ4v) is 11.3. The first-order valence-electron chi connectivity index (χ1n) is 8.70. The van der Waals surface area contributed by atoms with Crippen molar-refractivity contribution in [1.82, 2.24) is 0 Å². The summed E-state index contributed by atoms with van der Waals surface area (Å²) in [5.74, 6) is 0. The summed E-state index contributed by atoms with van der Waals surface area (Å²) in [6, 6.07) is 32.9. The quantitative estimate of drug-likeness (QED) is 0.262. The Hall–Kier alpha value is -1.69. The molecule has 0 fully saturated rings. The topological polar surface area (TPSA) is 0 Å². The van der Waals surface area contributed by atoms with E-state index in [0.717, 1.165) is 19.0 Å². The van der Waals surface area contributed by atoms with E-state index >= 15 is 0 Å². The van der Waals surface area contributed by atoms with Gasteiger partial charge in [-0.15, -0.1) is 0 Å². The third-order valence-electron chi connectivity index (χ3n) is 4.87. The van der Waals surface area contributed by atoms with Gasteiger partial charge in [0.15, 0.2) is 0 Å². The van der Waals surface area contributed by atoms with E-state index in [4.69, 9.17) is 0 Å². The van der Waals surface area contributed by atoms with Crippen LogP contribution in [0.5, 0.6) is 0 Å². The van der Waals surface area contributed by atoms with Crippen LogP contribution in [-0.2, 0) is 0 Å². The molecule has 0 bridgehead atoms. The van der Waals surface area contributed by atoms with Gasteiger partial charge in [-0.25, -0.2) is 0 Å². The van der Waals surface area contributed by atoms with Gasteiger partial charge in [0.1, 0.15) is 0 Å². The summed E-state index contributed by atoms with van der Waals surface area (Å²) in [5.41, 5.74) is 0. The van der Waals surface area contributed by atoms with Crippen molar-refractivity contribution in [2.45, 2.75) is 12.8 Å². The van der Waals surface area contributed by atoms with Gasteiger partial charge < -0.3 is 0 Å². The van der Waals surface area contributed by atoms with E-state index in [0.29, 0.717) is 0 Å². The van der Waals surface area contributed by atoms with Crippen LogP contribution in [0.3, 0.4) is 0 Å². The van der Waals surface area contributed by atoms with Crippen LogP contribution < -0.4 is 15.9 Å². The van der Waals surface area contributed by atoms with E-state index in [9.17, 15) is 0 Å². The number of benzene rings is 3. The minimum absolute atomic E-state index is 1.02. The molecule has 0 unspecified atom stereocenters. The van der Waals surface area contributed by atoms with Gasteiger partial charge in [-0.3, -0.25) is 0 Å². The SMILES string of the molecule is C=CCCCP(Br)(c1ccccc1)(c1ccccc1)c1ccccc1.